The van der Waals surface area contributed by atoms with Crippen LogP contribution in [0.15, 0.2) is 24.3 Å². The second-order valence-corrected chi connectivity index (χ2v) is 5.62. The van der Waals surface area contributed by atoms with Gasteiger partial charge in [-0.05, 0) is 26.8 Å². The molecule has 1 aromatic carbocycles. The number of carbonyl (C=O) groups is 2. The van der Waals surface area contributed by atoms with Gasteiger partial charge in [0, 0.05) is 5.56 Å². The number of aliphatic hydroxyl groups is 1. The molecule has 0 saturated heterocycles. The Morgan fingerprint density at radius 3 is 2.32 bits per heavy atom. The van der Waals surface area contributed by atoms with Crippen molar-refractivity contribution in [2.75, 3.05) is 6.61 Å². The van der Waals surface area contributed by atoms with E-state index in [9.17, 15) is 9.59 Å². The zero-order chi connectivity index (χ0) is 16.8. The smallest absolute Gasteiger partial charge is 0.408 e. The van der Waals surface area contributed by atoms with E-state index >= 15 is 0 Å². The summed E-state index contributed by atoms with van der Waals surface area (Å²) in [5, 5.41) is 19.1. The van der Waals surface area contributed by atoms with Gasteiger partial charge in [-0.2, -0.15) is 0 Å². The second kappa shape index (κ2) is 7.65. The molecular weight excluding hydrogens is 290 g/mol. The molecule has 122 valence electrons. The van der Waals surface area contributed by atoms with Crippen molar-refractivity contribution >= 4 is 12.1 Å². The Bertz CT molecular complexity index is 500. The lowest BCUT2D eigenvalue weighted by Crippen LogP contribution is -2.45. The average Bonchev–Trinajstić information content (AvgIpc) is 2.36. The van der Waals surface area contributed by atoms with E-state index in [4.69, 9.17) is 19.7 Å². The average molecular weight is 311 g/mol. The topological polar surface area (TPSA) is 105 Å². The van der Waals surface area contributed by atoms with Gasteiger partial charge in [0.1, 0.15) is 18.0 Å². The lowest BCUT2D eigenvalue weighted by Gasteiger charge is -2.21. The third kappa shape index (κ3) is 6.01. The van der Waals surface area contributed by atoms with Crippen LogP contribution in [0, 0.1) is 0 Å². The van der Waals surface area contributed by atoms with Crippen molar-refractivity contribution in [1.29, 1.82) is 0 Å². The number of benzene rings is 1. The minimum absolute atomic E-state index is 0.672. The summed E-state index contributed by atoms with van der Waals surface area (Å²) in [4.78, 5) is 21.4. The summed E-state index contributed by atoms with van der Waals surface area (Å²) in [6.07, 6.45) is -0.862. The summed E-state index contributed by atoms with van der Waals surface area (Å²) >= 11 is 0. The van der Waals surface area contributed by atoms with Crippen molar-refractivity contribution in [3.8, 4) is 5.75 Å². The molecular formula is C15H21NO6. The summed E-state index contributed by atoms with van der Waals surface area (Å²) < 4.78 is 9.87. The van der Waals surface area contributed by atoms with E-state index in [2.05, 4.69) is 6.07 Å². The Labute approximate surface area is 128 Å². The fraction of sp³-hybridized carbons (Fsp3) is 0.467. The highest BCUT2D eigenvalue weighted by Gasteiger charge is 2.22. The molecule has 7 heteroatoms. The summed E-state index contributed by atoms with van der Waals surface area (Å²) in [7, 11) is 0. The van der Waals surface area contributed by atoms with Gasteiger partial charge in [0.2, 0.25) is 0 Å². The molecule has 2 rings (SSSR count). The zero-order valence-corrected chi connectivity index (χ0v) is 12.8. The second-order valence-electron chi connectivity index (χ2n) is 5.62. The van der Waals surface area contributed by atoms with Crippen molar-refractivity contribution in [1.82, 2.24) is 5.32 Å². The highest BCUT2D eigenvalue weighted by Crippen LogP contribution is 2.27. The Morgan fingerprint density at radius 2 is 2.00 bits per heavy atom. The number of rotatable bonds is 3. The number of para-hydroxylation sites is 1. The number of aliphatic carboxylic acids is 1. The highest BCUT2D eigenvalue weighted by atomic mass is 16.6. The van der Waals surface area contributed by atoms with Gasteiger partial charge in [0.15, 0.2) is 6.04 Å². The van der Waals surface area contributed by atoms with E-state index in [1.54, 1.807) is 20.8 Å². The molecule has 7 nitrogen and oxygen atoms in total. The summed E-state index contributed by atoms with van der Waals surface area (Å²) in [5.41, 5.74) is 0.635. The monoisotopic (exact) mass is 311 g/mol. The maximum Gasteiger partial charge on any atom is 0.408 e. The fourth-order valence-electron chi connectivity index (χ4n) is 1.47. The van der Waals surface area contributed by atoms with Crippen LogP contribution in [0.5, 0.6) is 5.75 Å². The number of nitrogens with one attached hydrogen (secondary N) is 1. The highest BCUT2D eigenvalue weighted by molar-refractivity contribution is 5.80. The zero-order valence-electron chi connectivity index (χ0n) is 12.8. The van der Waals surface area contributed by atoms with E-state index in [1.807, 2.05) is 23.5 Å². The summed E-state index contributed by atoms with van der Waals surface area (Å²) in [6.45, 7) is 5.09. The Hall–Kier alpha value is -2.28. The fourth-order valence-corrected chi connectivity index (χ4v) is 1.47. The Balaban J connectivity index is 0.000000249. The molecule has 1 amide bonds. The van der Waals surface area contributed by atoms with Gasteiger partial charge in [-0.25, -0.2) is 9.59 Å². The summed E-state index contributed by atoms with van der Waals surface area (Å²) in [5.74, 6) is -0.258. The van der Waals surface area contributed by atoms with E-state index in [1.165, 1.54) is 5.56 Å². The number of hydrogen-bond donors (Lipinski definition) is 3. The van der Waals surface area contributed by atoms with Crippen molar-refractivity contribution < 1.29 is 29.3 Å². The third-order valence-corrected chi connectivity index (χ3v) is 2.53. The van der Waals surface area contributed by atoms with Crippen molar-refractivity contribution in [2.24, 2.45) is 0 Å². The maximum absolute atomic E-state index is 11.0. The molecule has 0 aromatic heterocycles. The molecule has 1 atom stereocenters. The number of alkyl carbamates (subject to hydrolysis) is 1. The molecule has 0 spiro atoms. The van der Waals surface area contributed by atoms with Crippen LogP contribution in [0.2, 0.25) is 0 Å². The standard InChI is InChI=1S/C8H15NO5.C7H6O/c1-8(2,3)14-7(13)9-5(4-10)6(11)12;1-2-4-7-6(3-1)5-8-7/h5,10H,4H2,1-3H3,(H,9,13)(H,11,12);1-4H,5H2/t5-;/m0./s1. The molecule has 3 N–H and O–H groups in total. The van der Waals surface area contributed by atoms with Gasteiger partial charge in [-0.15, -0.1) is 0 Å². The van der Waals surface area contributed by atoms with Crippen LogP contribution >= 0.6 is 0 Å². The number of carboxylic acid groups (broad SMARTS) is 1. The van der Waals surface area contributed by atoms with Crippen molar-refractivity contribution in [2.45, 2.75) is 39.0 Å². The van der Waals surface area contributed by atoms with Crippen LogP contribution in [0.3, 0.4) is 0 Å². The van der Waals surface area contributed by atoms with Gasteiger partial charge in [0.25, 0.3) is 0 Å². The SMILES string of the molecule is CC(C)(C)OC(=O)N[C@@H](CO)C(=O)O.c1ccc2c(c1)CO2. The first-order chi connectivity index (χ1) is 10.2. The molecule has 0 unspecified atom stereocenters. The Morgan fingerprint density at radius 1 is 1.36 bits per heavy atom. The molecule has 1 heterocycles. The molecule has 1 aliphatic heterocycles. The van der Waals surface area contributed by atoms with Crippen LogP contribution in [0.4, 0.5) is 4.79 Å². The lowest BCUT2D eigenvalue weighted by atomic mass is 10.1. The van der Waals surface area contributed by atoms with Gasteiger partial charge < -0.3 is 25.0 Å². The van der Waals surface area contributed by atoms with Gasteiger partial charge >= 0.3 is 12.1 Å². The van der Waals surface area contributed by atoms with Crippen molar-refractivity contribution in [3.63, 3.8) is 0 Å². The number of carbonyl (C=O) groups excluding carboxylic acids is 1. The first-order valence-corrected chi connectivity index (χ1v) is 6.77. The molecule has 1 aromatic rings. The minimum Gasteiger partial charge on any atom is -0.488 e. The first kappa shape index (κ1) is 17.8. The molecule has 0 saturated carbocycles. The van der Waals surface area contributed by atoms with Gasteiger partial charge in [0.05, 0.1) is 6.61 Å². The van der Waals surface area contributed by atoms with Crippen LogP contribution in [0.25, 0.3) is 0 Å². The van der Waals surface area contributed by atoms with Crippen LogP contribution in [0.1, 0.15) is 26.3 Å². The number of fused-ring (bicyclic) bond motifs is 1. The lowest BCUT2D eigenvalue weighted by molar-refractivity contribution is -0.140. The maximum atomic E-state index is 11.0. The number of ether oxygens (including phenoxy) is 2. The van der Waals surface area contributed by atoms with E-state index in [-0.39, 0.29) is 0 Å². The van der Waals surface area contributed by atoms with Crippen LogP contribution < -0.4 is 10.1 Å². The van der Waals surface area contributed by atoms with Crippen molar-refractivity contribution in [3.05, 3.63) is 29.8 Å². The first-order valence-electron chi connectivity index (χ1n) is 6.77. The molecule has 0 aliphatic carbocycles. The molecule has 0 bridgehead atoms. The Kier molecular flexibility index (Phi) is 6.18. The predicted octanol–water partition coefficient (Wildman–Crippen LogP) is 1.54. The summed E-state index contributed by atoms with van der Waals surface area (Å²) in [6, 6.07) is 6.75. The van der Waals surface area contributed by atoms with Crippen LogP contribution in [-0.2, 0) is 16.1 Å². The third-order valence-electron chi connectivity index (χ3n) is 2.53. The number of aliphatic hydroxyl groups excluding tert-OH is 1. The van der Waals surface area contributed by atoms with E-state index in [0.717, 1.165) is 12.4 Å². The molecule has 1 aliphatic rings. The quantitative estimate of drug-likeness (QED) is 0.782. The normalized spacial score (nSPS) is 13.3. The number of amides is 1. The number of carboxylic acids is 1. The van der Waals surface area contributed by atoms with Crippen LogP contribution in [-0.4, -0.2) is 40.5 Å². The molecule has 0 fully saturated rings. The largest absolute Gasteiger partial charge is 0.488 e. The van der Waals surface area contributed by atoms with Gasteiger partial charge in [-0.1, -0.05) is 18.2 Å². The van der Waals surface area contributed by atoms with E-state index < -0.39 is 30.3 Å². The molecule has 22 heavy (non-hydrogen) atoms. The van der Waals surface area contributed by atoms with E-state index in [0.29, 0.717) is 0 Å². The molecule has 0 radical (unpaired) electrons. The predicted molar refractivity (Wildman–Crippen MR) is 78.7 cm³/mol. The van der Waals surface area contributed by atoms with Gasteiger partial charge in [-0.3, -0.25) is 0 Å². The minimum atomic E-state index is -1.33. The number of hydrogen-bond acceptors (Lipinski definition) is 5.